The molecule has 3 N–H and O–H groups in total. The van der Waals surface area contributed by atoms with Gasteiger partial charge in [-0.2, -0.15) is 0 Å². The Hall–Kier alpha value is -2.17. The smallest absolute Gasteiger partial charge is 0.0958 e. The van der Waals surface area contributed by atoms with Crippen LogP contribution in [0.2, 0.25) is 0 Å². The molecule has 1 aromatic heterocycles. The molecule has 0 aliphatic heterocycles. The molecule has 0 amide bonds. The van der Waals surface area contributed by atoms with Gasteiger partial charge in [-0.3, -0.25) is 0 Å². The Labute approximate surface area is 123 Å². The zero-order valence-corrected chi connectivity index (χ0v) is 11.8. The van der Waals surface area contributed by atoms with Crippen molar-refractivity contribution in [3.05, 3.63) is 66.5 Å². The van der Waals surface area contributed by atoms with Crippen molar-refractivity contribution in [2.45, 2.75) is 18.5 Å². The lowest BCUT2D eigenvalue weighted by atomic mass is 9.88. The van der Waals surface area contributed by atoms with E-state index in [4.69, 9.17) is 5.73 Å². The molecule has 4 heteroatoms. The topological polar surface area (TPSA) is 64.1 Å². The van der Waals surface area contributed by atoms with Crippen molar-refractivity contribution in [1.82, 2.24) is 9.55 Å². The Kier molecular flexibility index (Phi) is 3.73. The van der Waals surface area contributed by atoms with Gasteiger partial charge in [0, 0.05) is 6.54 Å². The highest BCUT2D eigenvalue weighted by atomic mass is 16.3. The Morgan fingerprint density at radius 3 is 2.52 bits per heavy atom. The molecule has 0 radical (unpaired) electrons. The fraction of sp³-hybridized carbons (Fsp3) is 0.235. The molecule has 0 bridgehead atoms. The minimum Gasteiger partial charge on any atom is -0.394 e. The molecule has 21 heavy (non-hydrogen) atoms. The number of fused-ring (bicyclic) bond motifs is 1. The first-order chi connectivity index (χ1) is 10.2. The monoisotopic (exact) mass is 281 g/mol. The second kappa shape index (κ2) is 5.68. The molecule has 3 rings (SSSR count). The van der Waals surface area contributed by atoms with Gasteiger partial charge in [0.25, 0.3) is 0 Å². The summed E-state index contributed by atoms with van der Waals surface area (Å²) in [6.07, 6.45) is 2.47. The first kappa shape index (κ1) is 13.8. The van der Waals surface area contributed by atoms with Gasteiger partial charge >= 0.3 is 0 Å². The van der Waals surface area contributed by atoms with Gasteiger partial charge in [-0.05, 0) is 24.1 Å². The number of aromatic nitrogens is 2. The first-order valence-corrected chi connectivity index (χ1v) is 7.08. The lowest BCUT2D eigenvalue weighted by molar-refractivity contribution is 0.182. The van der Waals surface area contributed by atoms with Crippen LogP contribution in [-0.2, 0) is 12.1 Å². The van der Waals surface area contributed by atoms with Crippen LogP contribution in [0.3, 0.4) is 0 Å². The molecule has 2 aromatic carbocycles. The molecule has 3 aromatic rings. The molecule has 1 atom stereocenters. The summed E-state index contributed by atoms with van der Waals surface area (Å²) in [5, 5.41) is 9.73. The summed E-state index contributed by atoms with van der Waals surface area (Å²) in [6.45, 7) is 0.635. The third-order valence-electron chi connectivity index (χ3n) is 3.96. The predicted molar refractivity (Wildman–Crippen MR) is 83.7 cm³/mol. The standard InChI is InChI=1S/C17H19N3O/c18-17(12-21,14-6-2-1-3-7-14)10-11-20-13-19-15-8-4-5-9-16(15)20/h1-9,13,21H,10-12,18H2. The number of nitrogens with zero attached hydrogens (tertiary/aromatic N) is 2. The van der Waals surface area contributed by atoms with Gasteiger partial charge in [0.1, 0.15) is 0 Å². The molecule has 0 saturated carbocycles. The van der Waals surface area contributed by atoms with Gasteiger partial charge < -0.3 is 15.4 Å². The second-order valence-corrected chi connectivity index (χ2v) is 5.36. The average Bonchev–Trinajstić information content (AvgIpc) is 2.97. The number of hydrogen-bond acceptors (Lipinski definition) is 3. The van der Waals surface area contributed by atoms with Crippen LogP contribution >= 0.6 is 0 Å². The molecule has 0 aliphatic carbocycles. The lowest BCUT2D eigenvalue weighted by Crippen LogP contribution is -2.41. The van der Waals surface area contributed by atoms with Gasteiger partial charge in [-0.15, -0.1) is 0 Å². The van der Waals surface area contributed by atoms with Crippen LogP contribution in [-0.4, -0.2) is 21.3 Å². The zero-order chi connectivity index (χ0) is 14.7. The summed E-state index contributed by atoms with van der Waals surface area (Å²) < 4.78 is 2.08. The highest BCUT2D eigenvalue weighted by Crippen LogP contribution is 2.23. The van der Waals surface area contributed by atoms with E-state index in [0.29, 0.717) is 13.0 Å². The SMILES string of the molecule is NC(CO)(CCn1cnc2ccccc21)c1ccccc1. The minimum absolute atomic E-state index is 0.0797. The third-order valence-corrected chi connectivity index (χ3v) is 3.96. The lowest BCUT2D eigenvalue weighted by Gasteiger charge is -2.28. The zero-order valence-electron chi connectivity index (χ0n) is 11.8. The number of rotatable bonds is 5. The van der Waals surface area contributed by atoms with Gasteiger partial charge in [0.05, 0.1) is 29.5 Å². The molecule has 1 heterocycles. The number of imidazole rings is 1. The number of aliphatic hydroxyl groups excluding tert-OH is 1. The first-order valence-electron chi connectivity index (χ1n) is 7.08. The van der Waals surface area contributed by atoms with Crippen molar-refractivity contribution in [3.63, 3.8) is 0 Å². The van der Waals surface area contributed by atoms with Crippen LogP contribution in [0.1, 0.15) is 12.0 Å². The maximum absolute atomic E-state index is 9.73. The van der Waals surface area contributed by atoms with E-state index in [0.717, 1.165) is 16.6 Å². The predicted octanol–water partition coefficient (Wildman–Crippen LogP) is 2.27. The van der Waals surface area contributed by atoms with Crippen molar-refractivity contribution in [2.75, 3.05) is 6.61 Å². The number of nitrogens with two attached hydrogens (primary N) is 1. The Bertz CT molecular complexity index is 723. The largest absolute Gasteiger partial charge is 0.394 e. The van der Waals surface area contributed by atoms with E-state index in [1.54, 1.807) is 0 Å². The van der Waals surface area contributed by atoms with Crippen LogP contribution in [0.25, 0.3) is 11.0 Å². The van der Waals surface area contributed by atoms with Gasteiger partial charge in [0.2, 0.25) is 0 Å². The quantitative estimate of drug-likeness (QED) is 0.754. The van der Waals surface area contributed by atoms with Crippen molar-refractivity contribution < 1.29 is 5.11 Å². The normalized spacial score (nSPS) is 14.2. The number of aliphatic hydroxyl groups is 1. The second-order valence-electron chi connectivity index (χ2n) is 5.36. The van der Waals surface area contributed by atoms with Crippen LogP contribution in [0.4, 0.5) is 0 Å². The van der Waals surface area contributed by atoms with E-state index in [9.17, 15) is 5.11 Å². The maximum Gasteiger partial charge on any atom is 0.0958 e. The summed E-state index contributed by atoms with van der Waals surface area (Å²) in [6, 6.07) is 17.8. The molecule has 0 aliphatic rings. The summed E-state index contributed by atoms with van der Waals surface area (Å²) in [5.41, 5.74) is 8.69. The van der Waals surface area contributed by atoms with Gasteiger partial charge in [0.15, 0.2) is 0 Å². The minimum atomic E-state index is -0.730. The molecular formula is C17H19N3O. The summed E-state index contributed by atoms with van der Waals surface area (Å²) in [5.74, 6) is 0. The molecule has 4 nitrogen and oxygen atoms in total. The van der Waals surface area contributed by atoms with Crippen molar-refractivity contribution in [3.8, 4) is 0 Å². The molecular weight excluding hydrogens is 262 g/mol. The van der Waals surface area contributed by atoms with Crippen LogP contribution < -0.4 is 5.73 Å². The summed E-state index contributed by atoms with van der Waals surface area (Å²) in [4.78, 5) is 4.38. The van der Waals surface area contributed by atoms with Gasteiger partial charge in [-0.25, -0.2) is 4.98 Å². The molecule has 0 fully saturated rings. The number of benzene rings is 2. The Morgan fingerprint density at radius 2 is 1.76 bits per heavy atom. The third kappa shape index (κ3) is 2.68. The highest BCUT2D eigenvalue weighted by molar-refractivity contribution is 5.74. The van der Waals surface area contributed by atoms with E-state index in [1.165, 1.54) is 0 Å². The van der Waals surface area contributed by atoms with Gasteiger partial charge in [-0.1, -0.05) is 42.5 Å². The summed E-state index contributed by atoms with van der Waals surface area (Å²) in [7, 11) is 0. The molecule has 108 valence electrons. The molecule has 0 saturated heterocycles. The number of hydrogen-bond donors (Lipinski definition) is 2. The Balaban J connectivity index is 1.82. The molecule has 1 unspecified atom stereocenters. The molecule has 0 spiro atoms. The highest BCUT2D eigenvalue weighted by Gasteiger charge is 2.26. The number of para-hydroxylation sites is 2. The van der Waals surface area contributed by atoms with Crippen LogP contribution in [0.5, 0.6) is 0 Å². The van der Waals surface area contributed by atoms with E-state index in [-0.39, 0.29) is 6.61 Å². The van der Waals surface area contributed by atoms with E-state index < -0.39 is 5.54 Å². The van der Waals surface area contributed by atoms with E-state index >= 15 is 0 Å². The van der Waals surface area contributed by atoms with Crippen LogP contribution in [0, 0.1) is 0 Å². The van der Waals surface area contributed by atoms with Crippen molar-refractivity contribution >= 4 is 11.0 Å². The average molecular weight is 281 g/mol. The van der Waals surface area contributed by atoms with Crippen molar-refractivity contribution in [2.24, 2.45) is 5.73 Å². The Morgan fingerprint density at radius 1 is 1.05 bits per heavy atom. The fourth-order valence-electron chi connectivity index (χ4n) is 2.59. The summed E-state index contributed by atoms with van der Waals surface area (Å²) >= 11 is 0. The van der Waals surface area contributed by atoms with Crippen molar-refractivity contribution in [1.29, 1.82) is 0 Å². The van der Waals surface area contributed by atoms with E-state index in [1.807, 2.05) is 60.9 Å². The fourth-order valence-corrected chi connectivity index (χ4v) is 2.59. The van der Waals surface area contributed by atoms with E-state index in [2.05, 4.69) is 9.55 Å². The van der Waals surface area contributed by atoms with Crippen LogP contribution in [0.15, 0.2) is 60.9 Å². The maximum atomic E-state index is 9.73. The number of aryl methyl sites for hydroxylation is 1.